The van der Waals surface area contributed by atoms with Crippen LogP contribution in [0.3, 0.4) is 0 Å². The molecule has 0 spiro atoms. The first kappa shape index (κ1) is 15.6. The van der Waals surface area contributed by atoms with Gasteiger partial charge in [0.2, 0.25) is 0 Å². The normalized spacial score (nSPS) is 29.8. The van der Waals surface area contributed by atoms with Gasteiger partial charge in [0.15, 0.2) is 6.23 Å². The summed E-state index contributed by atoms with van der Waals surface area (Å²) in [6.45, 7) is 0.335. The Morgan fingerprint density at radius 1 is 1.50 bits per heavy atom. The third-order valence-corrected chi connectivity index (χ3v) is 3.70. The lowest BCUT2D eigenvalue weighted by Gasteiger charge is -2.21. The Morgan fingerprint density at radius 3 is 2.80 bits per heavy atom. The summed E-state index contributed by atoms with van der Waals surface area (Å²) in [4.78, 5) is 15.6. The zero-order chi connectivity index (χ0) is 14.7. The lowest BCUT2D eigenvalue weighted by atomic mass is 10.1. The third kappa shape index (κ3) is 2.96. The van der Waals surface area contributed by atoms with E-state index < -0.39 is 18.0 Å². The predicted molar refractivity (Wildman–Crippen MR) is 78.4 cm³/mol. The summed E-state index contributed by atoms with van der Waals surface area (Å²) in [5, 5.41) is 0. The number of ether oxygens (including phenoxy) is 3. The van der Waals surface area contributed by atoms with Gasteiger partial charge < -0.3 is 23.0 Å². The first-order valence-corrected chi connectivity index (χ1v) is 6.79. The fraction of sp³-hybridized carbons (Fsp3) is 0.636. The number of aromatic nitrogens is 2. The predicted octanol–water partition coefficient (Wildman–Crippen LogP) is 0.119. The van der Waals surface area contributed by atoms with Crippen LogP contribution >= 0.6 is 23.0 Å². The highest BCUT2D eigenvalue weighted by Crippen LogP contribution is 2.33. The van der Waals surface area contributed by atoms with E-state index in [1.807, 2.05) is 0 Å². The smallest absolute Gasteiger partial charge is 0.351 e. The number of nitrogen functional groups attached to an aromatic ring is 1. The number of hydrogen-bond donors (Lipinski definition) is 1. The molecule has 0 aliphatic carbocycles. The van der Waals surface area contributed by atoms with Crippen molar-refractivity contribution in [3.63, 3.8) is 0 Å². The molecule has 2 rings (SSSR count). The Kier molecular flexibility index (Phi) is 5.32. The molecule has 2 N–H and O–H groups in total. The van der Waals surface area contributed by atoms with Crippen molar-refractivity contribution < 1.29 is 17.3 Å². The molecular formula is C11H16IN3O5. The summed E-state index contributed by atoms with van der Waals surface area (Å²) in [5.41, 5.74) is 4.98. The van der Waals surface area contributed by atoms with E-state index in [9.17, 15) is 4.79 Å². The van der Waals surface area contributed by atoms with Crippen molar-refractivity contribution in [1.29, 1.82) is 0 Å². The van der Waals surface area contributed by atoms with Gasteiger partial charge in [-0.1, -0.05) is 0 Å². The summed E-state index contributed by atoms with van der Waals surface area (Å²) >= 11 is 1.79. The van der Waals surface area contributed by atoms with E-state index in [0.29, 0.717) is 6.61 Å². The van der Waals surface area contributed by atoms with E-state index in [1.165, 1.54) is 23.9 Å². The molecule has 20 heavy (non-hydrogen) atoms. The summed E-state index contributed by atoms with van der Waals surface area (Å²) in [6, 6.07) is 1.53. The number of anilines is 1. The topological polar surface area (TPSA) is 97.8 Å². The summed E-state index contributed by atoms with van der Waals surface area (Å²) in [5.74, 6) is 0.161. The van der Waals surface area contributed by atoms with Gasteiger partial charge >= 0.3 is 5.69 Å². The molecule has 9 heteroatoms. The van der Waals surface area contributed by atoms with Crippen molar-refractivity contribution >= 4 is 28.8 Å². The SMILES string of the molecule is COC[C@H]1O[C@@H](n2ccc(N)nc2=O)C(OC)C1OI. The lowest BCUT2D eigenvalue weighted by molar-refractivity contribution is -0.0666. The molecule has 1 aliphatic rings. The van der Waals surface area contributed by atoms with E-state index in [-0.39, 0.29) is 18.0 Å². The highest BCUT2D eigenvalue weighted by atomic mass is 127. The molecule has 8 nitrogen and oxygen atoms in total. The van der Waals surface area contributed by atoms with Crippen LogP contribution in [-0.4, -0.2) is 48.7 Å². The Bertz CT molecular complexity index is 511. The van der Waals surface area contributed by atoms with Gasteiger partial charge in [-0.25, -0.2) is 4.79 Å². The van der Waals surface area contributed by atoms with E-state index in [0.717, 1.165) is 0 Å². The van der Waals surface area contributed by atoms with Gasteiger partial charge in [0.25, 0.3) is 0 Å². The monoisotopic (exact) mass is 397 g/mol. The molecule has 4 atom stereocenters. The van der Waals surface area contributed by atoms with Crippen LogP contribution < -0.4 is 11.4 Å². The largest absolute Gasteiger partial charge is 0.383 e. The molecule has 1 aromatic heterocycles. The average molecular weight is 397 g/mol. The molecule has 1 aliphatic heterocycles. The van der Waals surface area contributed by atoms with Gasteiger partial charge in [0, 0.05) is 20.4 Å². The summed E-state index contributed by atoms with van der Waals surface area (Å²) in [7, 11) is 3.11. The van der Waals surface area contributed by atoms with E-state index >= 15 is 0 Å². The van der Waals surface area contributed by atoms with Crippen molar-refractivity contribution in [2.24, 2.45) is 0 Å². The van der Waals surface area contributed by atoms with Crippen molar-refractivity contribution in [3.05, 3.63) is 22.7 Å². The Hall–Kier alpha value is -0.750. The molecule has 0 saturated carbocycles. The maximum atomic E-state index is 11.9. The van der Waals surface area contributed by atoms with E-state index in [2.05, 4.69) is 4.98 Å². The molecule has 2 unspecified atom stereocenters. The molecule has 0 amide bonds. The van der Waals surface area contributed by atoms with Gasteiger partial charge in [0.1, 0.15) is 47.1 Å². The summed E-state index contributed by atoms with van der Waals surface area (Å²) in [6.07, 6.45) is -0.247. The highest BCUT2D eigenvalue weighted by Gasteiger charge is 2.47. The molecule has 112 valence electrons. The minimum atomic E-state index is -0.638. The molecule has 2 heterocycles. The molecule has 0 bridgehead atoms. The quantitative estimate of drug-likeness (QED) is 0.705. The fourth-order valence-electron chi connectivity index (χ4n) is 2.21. The van der Waals surface area contributed by atoms with Crippen LogP contribution in [0.15, 0.2) is 17.1 Å². The number of halogens is 1. The fourth-order valence-corrected chi connectivity index (χ4v) is 2.83. The van der Waals surface area contributed by atoms with Crippen molar-refractivity contribution in [2.45, 2.75) is 24.5 Å². The lowest BCUT2D eigenvalue weighted by Crippen LogP contribution is -2.38. The highest BCUT2D eigenvalue weighted by molar-refractivity contribution is 14.1. The first-order valence-electron chi connectivity index (χ1n) is 5.91. The third-order valence-electron chi connectivity index (χ3n) is 3.12. The van der Waals surface area contributed by atoms with Gasteiger partial charge in [-0.05, 0) is 6.07 Å². The Balaban J connectivity index is 2.32. The number of nitrogens with two attached hydrogens (primary N) is 1. The maximum absolute atomic E-state index is 11.9. The van der Waals surface area contributed by atoms with E-state index in [1.54, 1.807) is 30.1 Å². The Morgan fingerprint density at radius 2 is 2.25 bits per heavy atom. The van der Waals surface area contributed by atoms with Crippen LogP contribution in [-0.2, 0) is 17.3 Å². The molecule has 1 aromatic rings. The molecule has 1 fully saturated rings. The molecule has 1 saturated heterocycles. The second-order valence-electron chi connectivity index (χ2n) is 4.32. The van der Waals surface area contributed by atoms with Gasteiger partial charge in [-0.15, -0.1) is 0 Å². The van der Waals surface area contributed by atoms with Gasteiger partial charge in [0.05, 0.1) is 6.61 Å². The van der Waals surface area contributed by atoms with Crippen LogP contribution in [0.4, 0.5) is 5.82 Å². The van der Waals surface area contributed by atoms with Crippen molar-refractivity contribution in [2.75, 3.05) is 26.6 Å². The molecular weight excluding hydrogens is 381 g/mol. The summed E-state index contributed by atoms with van der Waals surface area (Å²) < 4.78 is 23.0. The maximum Gasteiger partial charge on any atom is 0.351 e. The molecule has 0 aromatic carbocycles. The van der Waals surface area contributed by atoms with Crippen LogP contribution in [0.2, 0.25) is 0 Å². The van der Waals surface area contributed by atoms with Crippen LogP contribution in [0.5, 0.6) is 0 Å². The average Bonchev–Trinajstić information content (AvgIpc) is 2.76. The van der Waals surface area contributed by atoms with Crippen LogP contribution in [0.25, 0.3) is 0 Å². The number of rotatable bonds is 5. The van der Waals surface area contributed by atoms with Gasteiger partial charge in [-0.3, -0.25) is 4.57 Å². The number of methoxy groups -OCH3 is 2. The number of nitrogens with zero attached hydrogens (tertiary/aromatic N) is 2. The minimum Gasteiger partial charge on any atom is -0.383 e. The zero-order valence-corrected chi connectivity index (χ0v) is 13.2. The van der Waals surface area contributed by atoms with E-state index in [4.69, 9.17) is 23.0 Å². The van der Waals surface area contributed by atoms with Crippen molar-refractivity contribution in [3.8, 4) is 0 Å². The Labute approximate surface area is 129 Å². The van der Waals surface area contributed by atoms with Crippen LogP contribution in [0, 0.1) is 0 Å². The standard InChI is InChI=1S/C11H16IN3O5/c1-17-5-6-8(20-12)9(18-2)10(19-6)15-4-3-7(13)14-11(15)16/h3-4,6,8-10H,5H2,1-2H3,(H2,13,14,16)/t6-,8?,9?,10-/m1/s1. The molecule has 0 radical (unpaired) electrons. The van der Waals surface area contributed by atoms with Crippen LogP contribution in [0.1, 0.15) is 6.23 Å². The zero-order valence-electron chi connectivity index (χ0n) is 11.1. The minimum absolute atomic E-state index is 0.161. The number of hydrogen-bond acceptors (Lipinski definition) is 7. The second-order valence-corrected chi connectivity index (χ2v) is 4.83. The second kappa shape index (κ2) is 6.80. The van der Waals surface area contributed by atoms with Gasteiger partial charge in [-0.2, -0.15) is 4.98 Å². The first-order chi connectivity index (χ1) is 9.62. The van der Waals surface area contributed by atoms with Crippen molar-refractivity contribution in [1.82, 2.24) is 9.55 Å².